The Morgan fingerprint density at radius 1 is 1.26 bits per heavy atom. The predicted molar refractivity (Wildman–Crippen MR) is 82.5 cm³/mol. The minimum absolute atomic E-state index is 0.414. The molecule has 0 fully saturated rings. The number of H-pyrrole nitrogens is 1. The molecule has 1 N–H and O–H groups in total. The van der Waals surface area contributed by atoms with Crippen molar-refractivity contribution >= 4 is 23.3 Å². The Kier molecular flexibility index (Phi) is 4.30. The van der Waals surface area contributed by atoms with Gasteiger partial charge in [-0.05, 0) is 50.0 Å². The van der Waals surface area contributed by atoms with Crippen LogP contribution in [0.2, 0.25) is 0 Å². The van der Waals surface area contributed by atoms with Crippen molar-refractivity contribution in [3.05, 3.63) is 23.0 Å². The van der Waals surface area contributed by atoms with E-state index in [1.165, 1.54) is 6.42 Å². The zero-order valence-electron chi connectivity index (χ0n) is 12.1. The molecule has 19 heavy (non-hydrogen) atoms. The summed E-state index contributed by atoms with van der Waals surface area (Å²) in [4.78, 5) is 3.27. The van der Waals surface area contributed by atoms with Gasteiger partial charge in [0.2, 0.25) is 0 Å². The van der Waals surface area contributed by atoms with Crippen molar-refractivity contribution in [3.63, 3.8) is 0 Å². The lowest BCUT2D eigenvalue weighted by Gasteiger charge is -2.16. The van der Waals surface area contributed by atoms with Gasteiger partial charge in [0.15, 0.2) is 4.77 Å². The number of fused-ring (bicyclic) bond motifs is 1. The molecular weight excluding hydrogens is 256 g/mol. The topological polar surface area (TPSA) is 29.9 Å². The summed E-state index contributed by atoms with van der Waals surface area (Å²) < 4.78 is 8.25. The molecule has 2 rings (SSSR count). The predicted octanol–water partition coefficient (Wildman–Crippen LogP) is 4.70. The molecule has 0 saturated carbocycles. The van der Waals surface area contributed by atoms with Gasteiger partial charge in [-0.25, -0.2) is 0 Å². The Morgan fingerprint density at radius 2 is 2.00 bits per heavy atom. The lowest BCUT2D eigenvalue weighted by molar-refractivity contribution is 0.415. The largest absolute Gasteiger partial charge is 0.497 e. The van der Waals surface area contributed by atoms with E-state index in [9.17, 15) is 0 Å². The molecule has 0 amide bonds. The molecule has 0 aliphatic carbocycles. The standard InChI is InChI=1S/C15H22N2OS/c1-10(2)5-6-11(3)17-14-8-7-12(18-4)9-13(14)16-15(17)19/h7-11H,5-6H2,1-4H3,(H,16,19). The average molecular weight is 278 g/mol. The third-order valence-electron chi connectivity index (χ3n) is 3.53. The van der Waals surface area contributed by atoms with Crippen LogP contribution in [0.25, 0.3) is 11.0 Å². The van der Waals surface area contributed by atoms with Crippen molar-refractivity contribution < 1.29 is 4.74 Å². The maximum absolute atomic E-state index is 5.46. The molecule has 0 aliphatic heterocycles. The first kappa shape index (κ1) is 14.1. The van der Waals surface area contributed by atoms with Crippen LogP contribution in [0.4, 0.5) is 0 Å². The summed E-state index contributed by atoms with van der Waals surface area (Å²) in [6.45, 7) is 6.74. The number of aromatic amines is 1. The normalized spacial score (nSPS) is 13.1. The quantitative estimate of drug-likeness (QED) is 0.803. The lowest BCUT2D eigenvalue weighted by atomic mass is 10.0. The molecule has 1 aromatic heterocycles. The molecule has 1 atom stereocenters. The maximum atomic E-state index is 5.46. The van der Waals surface area contributed by atoms with Crippen molar-refractivity contribution in [2.24, 2.45) is 5.92 Å². The highest BCUT2D eigenvalue weighted by atomic mass is 32.1. The van der Waals surface area contributed by atoms with Crippen LogP contribution in [0.5, 0.6) is 5.75 Å². The monoisotopic (exact) mass is 278 g/mol. The summed E-state index contributed by atoms with van der Waals surface area (Å²) in [5, 5.41) is 0. The molecule has 104 valence electrons. The Bertz CT molecular complexity index is 612. The highest BCUT2D eigenvalue weighted by Gasteiger charge is 2.12. The summed E-state index contributed by atoms with van der Waals surface area (Å²) >= 11 is 5.46. The summed E-state index contributed by atoms with van der Waals surface area (Å²) in [6.07, 6.45) is 2.36. The van der Waals surface area contributed by atoms with Crippen molar-refractivity contribution in [2.45, 2.75) is 39.7 Å². The van der Waals surface area contributed by atoms with Crippen LogP contribution in [0, 0.1) is 10.7 Å². The molecule has 0 radical (unpaired) electrons. The van der Waals surface area contributed by atoms with Gasteiger partial charge in [0.25, 0.3) is 0 Å². The van der Waals surface area contributed by atoms with E-state index >= 15 is 0 Å². The van der Waals surface area contributed by atoms with Gasteiger partial charge in [-0.3, -0.25) is 0 Å². The minimum atomic E-state index is 0.414. The highest BCUT2D eigenvalue weighted by molar-refractivity contribution is 7.71. The van der Waals surface area contributed by atoms with Crippen molar-refractivity contribution in [1.82, 2.24) is 9.55 Å². The molecular formula is C15H22N2OS. The number of aromatic nitrogens is 2. The summed E-state index contributed by atoms with van der Waals surface area (Å²) in [5.74, 6) is 1.58. The Balaban J connectivity index is 2.37. The molecule has 3 nitrogen and oxygen atoms in total. The van der Waals surface area contributed by atoms with Crippen LogP contribution < -0.4 is 4.74 Å². The SMILES string of the molecule is COc1ccc2c(c1)[nH]c(=S)n2C(C)CCC(C)C. The van der Waals surface area contributed by atoms with Gasteiger partial charge in [-0.1, -0.05) is 13.8 Å². The first-order valence-corrected chi connectivity index (χ1v) is 7.22. The number of hydrogen-bond acceptors (Lipinski definition) is 2. The molecule has 1 heterocycles. The summed E-state index contributed by atoms with van der Waals surface area (Å²) in [6, 6.07) is 6.47. The van der Waals surface area contributed by atoms with Crippen LogP contribution in [-0.2, 0) is 0 Å². The van der Waals surface area contributed by atoms with Gasteiger partial charge in [0.1, 0.15) is 5.75 Å². The summed E-state index contributed by atoms with van der Waals surface area (Å²) in [7, 11) is 1.68. The molecule has 1 unspecified atom stereocenters. The molecule has 0 aliphatic rings. The first-order valence-electron chi connectivity index (χ1n) is 6.81. The highest BCUT2D eigenvalue weighted by Crippen LogP contribution is 2.26. The fourth-order valence-electron chi connectivity index (χ4n) is 2.38. The fraction of sp³-hybridized carbons (Fsp3) is 0.533. The summed E-state index contributed by atoms with van der Waals surface area (Å²) in [5.41, 5.74) is 2.20. The molecule has 2 aromatic rings. The number of ether oxygens (including phenoxy) is 1. The second-order valence-electron chi connectivity index (χ2n) is 5.50. The molecule has 0 bridgehead atoms. The van der Waals surface area contributed by atoms with E-state index in [0.717, 1.165) is 33.9 Å². The number of benzene rings is 1. The number of nitrogens with zero attached hydrogens (tertiary/aromatic N) is 1. The van der Waals surface area contributed by atoms with Crippen LogP contribution >= 0.6 is 12.2 Å². The van der Waals surface area contributed by atoms with Crippen LogP contribution in [0.15, 0.2) is 18.2 Å². The van der Waals surface area contributed by atoms with E-state index in [1.807, 2.05) is 12.1 Å². The van der Waals surface area contributed by atoms with Crippen LogP contribution in [-0.4, -0.2) is 16.7 Å². The van der Waals surface area contributed by atoms with Crippen molar-refractivity contribution in [3.8, 4) is 5.75 Å². The molecule has 0 saturated heterocycles. The van der Waals surface area contributed by atoms with Crippen LogP contribution in [0.1, 0.15) is 39.7 Å². The minimum Gasteiger partial charge on any atom is -0.497 e. The van der Waals surface area contributed by atoms with Gasteiger partial charge in [-0.2, -0.15) is 0 Å². The number of rotatable bonds is 5. The number of methoxy groups -OCH3 is 1. The smallest absolute Gasteiger partial charge is 0.178 e. The van der Waals surface area contributed by atoms with E-state index in [-0.39, 0.29) is 0 Å². The van der Waals surface area contributed by atoms with E-state index in [4.69, 9.17) is 17.0 Å². The Hall–Kier alpha value is -1.29. The third-order valence-corrected chi connectivity index (χ3v) is 3.82. The Morgan fingerprint density at radius 3 is 2.63 bits per heavy atom. The van der Waals surface area contributed by atoms with Gasteiger partial charge in [0, 0.05) is 12.1 Å². The zero-order valence-corrected chi connectivity index (χ0v) is 12.9. The van der Waals surface area contributed by atoms with E-state index < -0.39 is 0 Å². The second-order valence-corrected chi connectivity index (χ2v) is 5.89. The number of imidazole rings is 1. The van der Waals surface area contributed by atoms with Gasteiger partial charge in [0.05, 0.1) is 18.1 Å². The molecule has 0 spiro atoms. The fourth-order valence-corrected chi connectivity index (χ4v) is 2.77. The number of hydrogen-bond donors (Lipinski definition) is 1. The third kappa shape index (κ3) is 3.00. The average Bonchev–Trinajstić information content (AvgIpc) is 2.70. The molecule has 4 heteroatoms. The lowest BCUT2D eigenvalue weighted by Crippen LogP contribution is -2.06. The van der Waals surface area contributed by atoms with Gasteiger partial charge >= 0.3 is 0 Å². The molecule has 1 aromatic carbocycles. The zero-order chi connectivity index (χ0) is 14.0. The van der Waals surface area contributed by atoms with E-state index in [1.54, 1.807) is 7.11 Å². The number of nitrogens with one attached hydrogen (secondary N) is 1. The van der Waals surface area contributed by atoms with E-state index in [0.29, 0.717) is 6.04 Å². The van der Waals surface area contributed by atoms with Crippen molar-refractivity contribution in [1.29, 1.82) is 0 Å². The van der Waals surface area contributed by atoms with Gasteiger partial charge < -0.3 is 14.3 Å². The van der Waals surface area contributed by atoms with Crippen LogP contribution in [0.3, 0.4) is 0 Å². The van der Waals surface area contributed by atoms with Crippen molar-refractivity contribution in [2.75, 3.05) is 7.11 Å². The van der Waals surface area contributed by atoms with Gasteiger partial charge in [-0.15, -0.1) is 0 Å². The maximum Gasteiger partial charge on any atom is 0.178 e. The second kappa shape index (κ2) is 5.78. The van der Waals surface area contributed by atoms with E-state index in [2.05, 4.69) is 36.4 Å². The first-order chi connectivity index (χ1) is 9.02. The Labute approximate surface area is 119 Å².